The first-order chi connectivity index (χ1) is 13.9. The molecule has 3 fully saturated rings. The third kappa shape index (κ3) is 2.58. The number of rotatable bonds is 1. The van der Waals surface area contributed by atoms with E-state index < -0.39 is 0 Å². The van der Waals surface area contributed by atoms with Crippen molar-refractivity contribution >= 4 is 5.71 Å². The molecule has 1 aliphatic heterocycles. The molecule has 3 nitrogen and oxygen atoms in total. The Kier molecular flexibility index (Phi) is 4.38. The highest BCUT2D eigenvalue weighted by atomic mass is 16.4. The van der Waals surface area contributed by atoms with E-state index in [9.17, 15) is 5.21 Å². The van der Waals surface area contributed by atoms with Crippen molar-refractivity contribution in [3.63, 3.8) is 0 Å². The van der Waals surface area contributed by atoms with Gasteiger partial charge in [0.2, 0.25) is 0 Å². The number of nitrogens with one attached hydrogen (secondary N) is 1. The zero-order valence-corrected chi connectivity index (χ0v) is 18.1. The van der Waals surface area contributed by atoms with Crippen LogP contribution in [-0.2, 0) is 0 Å². The maximum absolute atomic E-state index is 9.96. The maximum Gasteiger partial charge on any atom is 0.0729 e. The number of hydrogen-bond donors (Lipinski definition) is 2. The molecule has 0 bridgehead atoms. The highest BCUT2D eigenvalue weighted by molar-refractivity contribution is 5.96. The van der Waals surface area contributed by atoms with Crippen LogP contribution in [0.5, 0.6) is 0 Å². The fourth-order valence-electron chi connectivity index (χ4n) is 7.93. The topological polar surface area (TPSA) is 44.6 Å². The lowest BCUT2D eigenvalue weighted by molar-refractivity contribution is -0.0157. The molecule has 29 heavy (non-hydrogen) atoms. The quantitative estimate of drug-likeness (QED) is 0.319. The van der Waals surface area contributed by atoms with Gasteiger partial charge in [0.05, 0.1) is 11.1 Å². The van der Waals surface area contributed by atoms with E-state index in [-0.39, 0.29) is 10.8 Å². The number of fused-ring (bicyclic) bond motifs is 5. The summed E-state index contributed by atoms with van der Waals surface area (Å²) in [5, 5.41) is 17.3. The van der Waals surface area contributed by atoms with Gasteiger partial charge in [0.15, 0.2) is 0 Å². The summed E-state index contributed by atoms with van der Waals surface area (Å²) in [6.07, 6.45) is 24.0. The SMILES string of the molecule is CC1(C2=CC=CC=CN2)C2=CC[C@H]3[C@@H]4CC[CH][C@@]4(C)CC[C@@H]3[C@@]2(C)CCC1=NO. The predicted octanol–water partition coefficient (Wildman–Crippen LogP) is 6.16. The van der Waals surface area contributed by atoms with Gasteiger partial charge in [0, 0.05) is 11.9 Å². The van der Waals surface area contributed by atoms with Crippen LogP contribution in [0.2, 0.25) is 0 Å². The van der Waals surface area contributed by atoms with E-state index in [1.807, 2.05) is 18.4 Å². The normalized spacial score (nSPS) is 47.4. The zero-order valence-electron chi connectivity index (χ0n) is 18.1. The molecule has 155 valence electrons. The average Bonchev–Trinajstić information content (AvgIpc) is 2.91. The summed E-state index contributed by atoms with van der Waals surface area (Å²) in [5.74, 6) is 2.38. The molecule has 0 aromatic heterocycles. The van der Waals surface area contributed by atoms with Gasteiger partial charge < -0.3 is 10.5 Å². The molecule has 0 spiro atoms. The Labute approximate surface area is 175 Å². The molecule has 5 aliphatic rings. The fraction of sp³-hybridized carbons (Fsp3) is 0.615. The third-order valence-corrected chi connectivity index (χ3v) is 9.47. The largest absolute Gasteiger partial charge is 0.411 e. The van der Waals surface area contributed by atoms with Crippen LogP contribution in [0.3, 0.4) is 0 Å². The highest BCUT2D eigenvalue weighted by Gasteiger charge is 2.60. The molecule has 0 saturated heterocycles. The minimum absolute atomic E-state index is 0.179. The predicted molar refractivity (Wildman–Crippen MR) is 118 cm³/mol. The van der Waals surface area contributed by atoms with Crippen molar-refractivity contribution in [3.05, 3.63) is 54.3 Å². The Bertz CT molecular complexity index is 849. The summed E-state index contributed by atoms with van der Waals surface area (Å²) in [6.45, 7) is 7.31. The Morgan fingerprint density at radius 2 is 1.93 bits per heavy atom. The van der Waals surface area contributed by atoms with Gasteiger partial charge >= 0.3 is 0 Å². The monoisotopic (exact) mass is 391 g/mol. The maximum atomic E-state index is 9.96. The highest BCUT2D eigenvalue weighted by Crippen LogP contribution is 2.67. The molecule has 3 heteroatoms. The van der Waals surface area contributed by atoms with E-state index in [1.165, 1.54) is 37.7 Å². The van der Waals surface area contributed by atoms with Crippen molar-refractivity contribution in [2.75, 3.05) is 0 Å². The number of allylic oxidation sites excluding steroid dienone is 6. The molecule has 1 unspecified atom stereocenters. The summed E-state index contributed by atoms with van der Waals surface area (Å²) in [6, 6.07) is 0. The molecule has 0 aromatic carbocycles. The number of hydrogen-bond acceptors (Lipinski definition) is 3. The van der Waals surface area contributed by atoms with Crippen molar-refractivity contribution < 1.29 is 5.21 Å². The second-order valence-corrected chi connectivity index (χ2v) is 10.6. The second kappa shape index (κ2) is 6.62. The Hall–Kier alpha value is -1.77. The minimum atomic E-state index is -0.367. The molecule has 6 atom stereocenters. The molecule has 3 saturated carbocycles. The van der Waals surface area contributed by atoms with Crippen LogP contribution in [0, 0.1) is 40.4 Å². The van der Waals surface area contributed by atoms with Gasteiger partial charge in [-0.2, -0.15) is 0 Å². The van der Waals surface area contributed by atoms with Crippen LogP contribution < -0.4 is 5.32 Å². The summed E-state index contributed by atoms with van der Waals surface area (Å²) >= 11 is 0. The van der Waals surface area contributed by atoms with Crippen molar-refractivity contribution in [2.24, 2.45) is 39.2 Å². The molecule has 4 aliphatic carbocycles. The second-order valence-electron chi connectivity index (χ2n) is 10.6. The van der Waals surface area contributed by atoms with Gasteiger partial charge in [-0.1, -0.05) is 42.8 Å². The van der Waals surface area contributed by atoms with Gasteiger partial charge in [0.25, 0.3) is 0 Å². The fourth-order valence-corrected chi connectivity index (χ4v) is 7.93. The molecule has 1 heterocycles. The van der Waals surface area contributed by atoms with Crippen LogP contribution in [0.1, 0.15) is 65.7 Å². The molecular formula is C26H35N2O. The average molecular weight is 392 g/mol. The third-order valence-electron chi connectivity index (χ3n) is 9.47. The van der Waals surface area contributed by atoms with Gasteiger partial charge in [0.1, 0.15) is 0 Å². The van der Waals surface area contributed by atoms with E-state index in [2.05, 4.69) is 55.9 Å². The molecule has 0 aromatic rings. The lowest BCUT2D eigenvalue weighted by atomic mass is 9.44. The smallest absolute Gasteiger partial charge is 0.0729 e. The first-order valence-electron chi connectivity index (χ1n) is 11.5. The van der Waals surface area contributed by atoms with E-state index in [0.29, 0.717) is 5.41 Å². The summed E-state index contributed by atoms with van der Waals surface area (Å²) in [7, 11) is 0. The summed E-state index contributed by atoms with van der Waals surface area (Å²) in [4.78, 5) is 0. The van der Waals surface area contributed by atoms with E-state index in [4.69, 9.17) is 0 Å². The molecule has 5 rings (SSSR count). The van der Waals surface area contributed by atoms with Crippen LogP contribution >= 0.6 is 0 Å². The number of oxime groups is 1. The first-order valence-corrected chi connectivity index (χ1v) is 11.5. The van der Waals surface area contributed by atoms with Gasteiger partial charge in [-0.15, -0.1) is 0 Å². The zero-order chi connectivity index (χ0) is 20.3. The van der Waals surface area contributed by atoms with Crippen LogP contribution in [0.15, 0.2) is 53.0 Å². The van der Waals surface area contributed by atoms with Crippen molar-refractivity contribution in [3.8, 4) is 0 Å². The van der Waals surface area contributed by atoms with Gasteiger partial charge in [-0.05, 0) is 99.0 Å². The lowest BCUT2D eigenvalue weighted by Crippen LogP contribution is -2.54. The summed E-state index contributed by atoms with van der Waals surface area (Å²) in [5.41, 5.74) is 3.78. The van der Waals surface area contributed by atoms with Gasteiger partial charge in [-0.25, -0.2) is 0 Å². The molecule has 2 N–H and O–H groups in total. The van der Waals surface area contributed by atoms with Crippen LogP contribution in [0.4, 0.5) is 0 Å². The van der Waals surface area contributed by atoms with Crippen molar-refractivity contribution in [2.45, 2.75) is 65.7 Å². The van der Waals surface area contributed by atoms with E-state index in [0.717, 1.165) is 42.0 Å². The molecular weight excluding hydrogens is 356 g/mol. The van der Waals surface area contributed by atoms with Gasteiger partial charge in [-0.3, -0.25) is 0 Å². The Morgan fingerprint density at radius 1 is 1.07 bits per heavy atom. The van der Waals surface area contributed by atoms with Crippen LogP contribution in [-0.4, -0.2) is 10.9 Å². The molecule has 0 amide bonds. The van der Waals surface area contributed by atoms with E-state index >= 15 is 0 Å². The Balaban J connectivity index is 1.60. The lowest BCUT2D eigenvalue weighted by Gasteiger charge is -2.60. The standard InChI is InChI=1S/C26H35N2O/c1-24-14-7-8-19(24)18-10-11-21-25(2,20(18)12-15-24)16-13-23(28-29)26(21,3)22-9-5-4-6-17-27-22/h4-6,9,11,14,17-20,27,29H,7-8,10,12-13,15-16H2,1-3H3/t18-,19-,20-,24-,25+,26?/m0/s1. The first kappa shape index (κ1) is 19.2. The molecule has 1 radical (unpaired) electrons. The Morgan fingerprint density at radius 3 is 2.76 bits per heavy atom. The van der Waals surface area contributed by atoms with Crippen LogP contribution in [0.25, 0.3) is 0 Å². The number of nitrogens with zero attached hydrogens (tertiary/aromatic N) is 1. The minimum Gasteiger partial charge on any atom is -0.411 e. The van der Waals surface area contributed by atoms with Crippen molar-refractivity contribution in [1.82, 2.24) is 5.32 Å². The van der Waals surface area contributed by atoms with Crippen molar-refractivity contribution in [1.29, 1.82) is 0 Å². The van der Waals surface area contributed by atoms with E-state index in [1.54, 1.807) is 0 Å². The summed E-state index contributed by atoms with van der Waals surface area (Å²) < 4.78 is 0.